The van der Waals surface area contributed by atoms with Crippen molar-refractivity contribution >= 4 is 11.9 Å². The fourth-order valence-electron chi connectivity index (χ4n) is 2.22. The molecule has 1 aliphatic rings. The zero-order chi connectivity index (χ0) is 17.4. The summed E-state index contributed by atoms with van der Waals surface area (Å²) in [5, 5.41) is 27.7. The molecule has 1 saturated heterocycles. The van der Waals surface area contributed by atoms with Gasteiger partial charge in [-0.3, -0.25) is 4.79 Å². The van der Waals surface area contributed by atoms with Crippen molar-refractivity contribution in [1.29, 1.82) is 0 Å². The van der Waals surface area contributed by atoms with Gasteiger partial charge < -0.3 is 35.6 Å². The number of methoxy groups -OCH3 is 1. The Labute approximate surface area is 135 Å². The van der Waals surface area contributed by atoms with Crippen molar-refractivity contribution in [3.05, 3.63) is 0 Å². The van der Waals surface area contributed by atoms with Gasteiger partial charge in [-0.15, -0.1) is 0 Å². The average Bonchev–Trinajstić information content (AvgIpc) is 2.73. The van der Waals surface area contributed by atoms with Gasteiger partial charge in [-0.05, 0) is 13.8 Å². The molecule has 4 unspecified atom stereocenters. The zero-order valence-corrected chi connectivity index (χ0v) is 13.7. The summed E-state index contributed by atoms with van der Waals surface area (Å²) in [6.45, 7) is 4.44. The maximum Gasteiger partial charge on any atom is 0.315 e. The summed E-state index contributed by atoms with van der Waals surface area (Å²) in [6.07, 6.45) is -3.99. The van der Waals surface area contributed by atoms with E-state index >= 15 is 0 Å². The minimum Gasteiger partial charge on any atom is -0.388 e. The van der Waals surface area contributed by atoms with Gasteiger partial charge in [-0.2, -0.15) is 0 Å². The second kappa shape index (κ2) is 9.66. The van der Waals surface area contributed by atoms with Gasteiger partial charge in [0.25, 0.3) is 0 Å². The second-order valence-electron chi connectivity index (χ2n) is 5.75. The summed E-state index contributed by atoms with van der Waals surface area (Å²) in [6, 6.07) is -0.399. The molecule has 1 aliphatic heterocycles. The number of aliphatic hydroxyl groups excluding tert-OH is 2. The van der Waals surface area contributed by atoms with Crippen LogP contribution in [0.1, 0.15) is 20.3 Å². The Morgan fingerprint density at radius 3 is 2.43 bits per heavy atom. The van der Waals surface area contributed by atoms with Crippen LogP contribution in [0.3, 0.4) is 0 Å². The minimum atomic E-state index is -1.18. The standard InChI is InChI=1S/C14H27N3O6/c1-8(2)17-14(21)16-7-10-13(20)12(19)9(23-10)6-11(18)15-4-5-22-3/h8-10,12-13,19-20H,4-7H2,1-3H3,(H,15,18)(H2,16,17,21). The molecule has 134 valence electrons. The van der Waals surface area contributed by atoms with Crippen LogP contribution in [-0.4, -0.2) is 79.4 Å². The number of hydrogen-bond donors (Lipinski definition) is 5. The smallest absolute Gasteiger partial charge is 0.315 e. The fraction of sp³-hybridized carbons (Fsp3) is 0.857. The van der Waals surface area contributed by atoms with Gasteiger partial charge in [-0.25, -0.2) is 4.79 Å². The van der Waals surface area contributed by atoms with Crippen molar-refractivity contribution in [1.82, 2.24) is 16.0 Å². The molecular weight excluding hydrogens is 306 g/mol. The Morgan fingerprint density at radius 2 is 1.83 bits per heavy atom. The van der Waals surface area contributed by atoms with Crippen LogP contribution < -0.4 is 16.0 Å². The van der Waals surface area contributed by atoms with Crippen molar-refractivity contribution in [3.63, 3.8) is 0 Å². The molecule has 0 saturated carbocycles. The van der Waals surface area contributed by atoms with Gasteiger partial charge in [0.05, 0.1) is 19.1 Å². The molecule has 1 rings (SSSR count). The van der Waals surface area contributed by atoms with Crippen LogP contribution in [0.2, 0.25) is 0 Å². The van der Waals surface area contributed by atoms with Gasteiger partial charge in [0.15, 0.2) is 0 Å². The number of rotatable bonds is 8. The Morgan fingerprint density at radius 1 is 1.17 bits per heavy atom. The van der Waals surface area contributed by atoms with E-state index in [-0.39, 0.29) is 30.9 Å². The molecule has 9 nitrogen and oxygen atoms in total. The Hall–Kier alpha value is -1.42. The normalized spacial score (nSPS) is 27.0. The average molecular weight is 333 g/mol. The number of nitrogens with one attached hydrogen (secondary N) is 3. The van der Waals surface area contributed by atoms with Crippen molar-refractivity contribution in [2.24, 2.45) is 0 Å². The molecule has 0 aliphatic carbocycles. The summed E-state index contributed by atoms with van der Waals surface area (Å²) in [5.74, 6) is -0.301. The lowest BCUT2D eigenvalue weighted by Crippen LogP contribution is -2.45. The monoisotopic (exact) mass is 333 g/mol. The lowest BCUT2D eigenvalue weighted by molar-refractivity contribution is -0.125. The van der Waals surface area contributed by atoms with Gasteiger partial charge >= 0.3 is 6.03 Å². The molecule has 9 heteroatoms. The molecule has 23 heavy (non-hydrogen) atoms. The Kier molecular flexibility index (Phi) is 8.24. The number of carbonyl (C=O) groups excluding carboxylic acids is 2. The van der Waals surface area contributed by atoms with Gasteiger partial charge in [0.2, 0.25) is 5.91 Å². The molecule has 0 aromatic carbocycles. The highest BCUT2D eigenvalue weighted by Gasteiger charge is 2.43. The fourth-order valence-corrected chi connectivity index (χ4v) is 2.22. The van der Waals surface area contributed by atoms with Crippen molar-refractivity contribution in [2.45, 2.75) is 50.7 Å². The summed E-state index contributed by atoms with van der Waals surface area (Å²) in [4.78, 5) is 23.2. The number of ether oxygens (including phenoxy) is 2. The van der Waals surface area contributed by atoms with Crippen LogP contribution in [-0.2, 0) is 14.3 Å². The summed E-state index contributed by atoms with van der Waals surface area (Å²) in [7, 11) is 1.53. The minimum absolute atomic E-state index is 0.0152. The predicted octanol–water partition coefficient (Wildman–Crippen LogP) is -1.66. The molecular formula is C14H27N3O6. The van der Waals surface area contributed by atoms with Crippen LogP contribution in [0.5, 0.6) is 0 Å². The quantitative estimate of drug-likeness (QED) is 0.338. The van der Waals surface area contributed by atoms with Gasteiger partial charge in [-0.1, -0.05) is 0 Å². The Balaban J connectivity index is 2.39. The third-order valence-corrected chi connectivity index (χ3v) is 3.36. The summed E-state index contributed by atoms with van der Waals surface area (Å²) >= 11 is 0. The molecule has 1 heterocycles. The number of carbonyl (C=O) groups is 2. The van der Waals surface area contributed by atoms with Crippen LogP contribution in [0.15, 0.2) is 0 Å². The maximum atomic E-state index is 11.7. The number of urea groups is 1. The molecule has 5 N–H and O–H groups in total. The van der Waals surface area contributed by atoms with E-state index in [4.69, 9.17) is 9.47 Å². The summed E-state index contributed by atoms with van der Waals surface area (Å²) in [5.41, 5.74) is 0. The number of amides is 3. The highest BCUT2D eigenvalue weighted by molar-refractivity contribution is 5.76. The first kappa shape index (κ1) is 19.6. The second-order valence-corrected chi connectivity index (χ2v) is 5.75. The molecule has 3 amide bonds. The van der Waals surface area contributed by atoms with Crippen LogP contribution in [0.4, 0.5) is 4.79 Å². The lowest BCUT2D eigenvalue weighted by atomic mass is 10.1. The highest BCUT2D eigenvalue weighted by atomic mass is 16.5. The first-order valence-corrected chi connectivity index (χ1v) is 7.66. The van der Waals surface area contributed by atoms with Crippen molar-refractivity contribution < 1.29 is 29.3 Å². The van der Waals surface area contributed by atoms with Crippen LogP contribution >= 0.6 is 0 Å². The highest BCUT2D eigenvalue weighted by Crippen LogP contribution is 2.23. The molecule has 4 atom stereocenters. The lowest BCUT2D eigenvalue weighted by Gasteiger charge is -2.16. The van der Waals surface area contributed by atoms with E-state index < -0.39 is 24.4 Å². The largest absolute Gasteiger partial charge is 0.388 e. The van der Waals surface area contributed by atoms with Crippen LogP contribution in [0.25, 0.3) is 0 Å². The van der Waals surface area contributed by atoms with Crippen LogP contribution in [0, 0.1) is 0 Å². The van der Waals surface area contributed by atoms with E-state index in [2.05, 4.69) is 16.0 Å². The van der Waals surface area contributed by atoms with Gasteiger partial charge in [0.1, 0.15) is 18.3 Å². The maximum absolute atomic E-state index is 11.7. The summed E-state index contributed by atoms with van der Waals surface area (Å²) < 4.78 is 10.3. The molecule has 0 aromatic heterocycles. The molecule has 0 radical (unpaired) electrons. The topological polar surface area (TPSA) is 129 Å². The molecule has 1 fully saturated rings. The predicted molar refractivity (Wildman–Crippen MR) is 81.8 cm³/mol. The van der Waals surface area contributed by atoms with E-state index in [0.29, 0.717) is 13.2 Å². The van der Waals surface area contributed by atoms with Crippen molar-refractivity contribution in [3.8, 4) is 0 Å². The SMILES string of the molecule is COCCNC(=O)CC1OC(CNC(=O)NC(C)C)C(O)C1O. The third-order valence-electron chi connectivity index (χ3n) is 3.36. The third kappa shape index (κ3) is 6.69. The zero-order valence-electron chi connectivity index (χ0n) is 13.7. The van der Waals surface area contributed by atoms with Crippen molar-refractivity contribution in [2.75, 3.05) is 26.8 Å². The molecule has 0 spiro atoms. The van der Waals surface area contributed by atoms with E-state index in [0.717, 1.165) is 0 Å². The Bertz CT molecular complexity index is 393. The molecule has 0 aromatic rings. The number of hydrogen-bond acceptors (Lipinski definition) is 6. The van der Waals surface area contributed by atoms with E-state index in [9.17, 15) is 19.8 Å². The van der Waals surface area contributed by atoms with Gasteiger partial charge in [0, 0.05) is 26.2 Å². The first-order chi connectivity index (χ1) is 10.8. The first-order valence-electron chi connectivity index (χ1n) is 7.66. The number of aliphatic hydroxyl groups is 2. The van der Waals surface area contributed by atoms with E-state index in [1.54, 1.807) is 0 Å². The van der Waals surface area contributed by atoms with E-state index in [1.165, 1.54) is 7.11 Å². The van der Waals surface area contributed by atoms with E-state index in [1.807, 2.05) is 13.8 Å². The molecule has 0 bridgehead atoms.